The van der Waals surface area contributed by atoms with E-state index in [0.717, 1.165) is 5.69 Å². The van der Waals surface area contributed by atoms with Gasteiger partial charge in [0.15, 0.2) is 5.57 Å². The number of carbonyl (C=O) groups is 1. The fourth-order valence-corrected chi connectivity index (χ4v) is 1.20. The van der Waals surface area contributed by atoms with Crippen molar-refractivity contribution in [3.8, 4) is 6.07 Å². The molecule has 0 aliphatic carbocycles. The van der Waals surface area contributed by atoms with Crippen molar-refractivity contribution in [2.24, 2.45) is 0 Å². The summed E-state index contributed by atoms with van der Waals surface area (Å²) < 4.78 is 4.70. The van der Waals surface area contributed by atoms with Gasteiger partial charge in [-0.05, 0) is 31.2 Å². The number of carbonyl (C=O) groups excluding carboxylic acids is 1. The summed E-state index contributed by atoms with van der Waals surface area (Å²) >= 11 is 5.73. The van der Waals surface area contributed by atoms with Crippen LogP contribution in [0, 0.1) is 11.3 Å². The number of halogens is 1. The molecule has 0 amide bonds. The lowest BCUT2D eigenvalue weighted by atomic mass is 10.3. The number of anilines is 1. The molecule has 6 heteroatoms. The van der Waals surface area contributed by atoms with Gasteiger partial charge in [-0.15, -0.1) is 0 Å². The fraction of sp³-hybridized carbons (Fsp3) is 0.167. The average molecular weight is 266 g/mol. The Hall–Kier alpha value is -2.19. The molecule has 0 saturated heterocycles. The predicted molar refractivity (Wildman–Crippen MR) is 68.5 cm³/mol. The minimum absolute atomic E-state index is 0.113. The molecule has 0 radical (unpaired) electrons. The number of hydrogen-bond donors (Lipinski definition) is 2. The molecule has 0 aliphatic heterocycles. The van der Waals surface area contributed by atoms with Crippen LogP contribution >= 0.6 is 11.6 Å². The molecular formula is C12H12ClN3O2. The fourth-order valence-electron chi connectivity index (χ4n) is 1.07. The van der Waals surface area contributed by atoms with Crippen LogP contribution in [0.5, 0.6) is 0 Å². The van der Waals surface area contributed by atoms with E-state index in [1.807, 2.05) is 0 Å². The van der Waals surface area contributed by atoms with E-state index in [9.17, 15) is 4.79 Å². The standard InChI is InChI=1S/C12H12ClN3O2/c1-2-18-12(17)9(7-14)8-15-16-11-5-3-10(13)4-6-11/h3-6,8,15-16H,2H2,1H3/b9-8+. The van der Waals surface area contributed by atoms with Crippen molar-refractivity contribution in [1.29, 1.82) is 5.26 Å². The zero-order valence-electron chi connectivity index (χ0n) is 9.74. The summed E-state index contributed by atoms with van der Waals surface area (Å²) in [6, 6.07) is 8.67. The summed E-state index contributed by atoms with van der Waals surface area (Å²) in [6.45, 7) is 1.90. The van der Waals surface area contributed by atoms with Crippen LogP contribution in [0.2, 0.25) is 5.02 Å². The number of nitrogens with zero attached hydrogens (tertiary/aromatic N) is 1. The van der Waals surface area contributed by atoms with Crippen LogP contribution in [-0.2, 0) is 9.53 Å². The van der Waals surface area contributed by atoms with Gasteiger partial charge >= 0.3 is 5.97 Å². The van der Waals surface area contributed by atoms with Crippen molar-refractivity contribution in [3.63, 3.8) is 0 Å². The van der Waals surface area contributed by atoms with Crippen LogP contribution in [-0.4, -0.2) is 12.6 Å². The van der Waals surface area contributed by atoms with Crippen molar-refractivity contribution >= 4 is 23.3 Å². The molecule has 0 heterocycles. The van der Waals surface area contributed by atoms with Gasteiger partial charge in [0.1, 0.15) is 6.07 Å². The van der Waals surface area contributed by atoms with Gasteiger partial charge in [-0.3, -0.25) is 0 Å². The maximum absolute atomic E-state index is 11.3. The first-order valence-electron chi connectivity index (χ1n) is 5.22. The van der Waals surface area contributed by atoms with Crippen LogP contribution < -0.4 is 10.9 Å². The maximum Gasteiger partial charge on any atom is 0.350 e. The number of hydrazine groups is 1. The minimum atomic E-state index is -0.662. The lowest BCUT2D eigenvalue weighted by Crippen LogP contribution is -2.17. The normalized spacial score (nSPS) is 10.4. The van der Waals surface area contributed by atoms with Gasteiger partial charge in [-0.2, -0.15) is 5.26 Å². The maximum atomic E-state index is 11.3. The van der Waals surface area contributed by atoms with Gasteiger partial charge < -0.3 is 15.6 Å². The van der Waals surface area contributed by atoms with Crippen molar-refractivity contribution in [3.05, 3.63) is 41.1 Å². The number of hydrogen-bond acceptors (Lipinski definition) is 5. The molecular weight excluding hydrogens is 254 g/mol. The molecule has 0 spiro atoms. The van der Waals surface area contributed by atoms with Crippen LogP contribution in [0.1, 0.15) is 6.92 Å². The highest BCUT2D eigenvalue weighted by Crippen LogP contribution is 2.12. The van der Waals surface area contributed by atoms with E-state index >= 15 is 0 Å². The Kier molecular flexibility index (Phi) is 5.55. The first-order valence-corrected chi connectivity index (χ1v) is 5.59. The Morgan fingerprint density at radius 3 is 2.72 bits per heavy atom. The van der Waals surface area contributed by atoms with E-state index in [0.29, 0.717) is 5.02 Å². The van der Waals surface area contributed by atoms with Gasteiger partial charge in [0.05, 0.1) is 12.3 Å². The predicted octanol–water partition coefficient (Wildman–Crippen LogP) is 2.23. The van der Waals surface area contributed by atoms with Crippen molar-refractivity contribution in [1.82, 2.24) is 5.43 Å². The van der Waals surface area contributed by atoms with Crippen molar-refractivity contribution < 1.29 is 9.53 Å². The highest BCUT2D eigenvalue weighted by molar-refractivity contribution is 6.30. The Balaban J connectivity index is 2.55. The van der Waals surface area contributed by atoms with Crippen LogP contribution in [0.25, 0.3) is 0 Å². The Morgan fingerprint density at radius 2 is 2.17 bits per heavy atom. The van der Waals surface area contributed by atoms with E-state index in [-0.39, 0.29) is 12.2 Å². The zero-order valence-corrected chi connectivity index (χ0v) is 10.5. The second kappa shape index (κ2) is 7.20. The lowest BCUT2D eigenvalue weighted by molar-refractivity contribution is -0.138. The van der Waals surface area contributed by atoms with Crippen molar-refractivity contribution in [2.75, 3.05) is 12.0 Å². The summed E-state index contributed by atoms with van der Waals surface area (Å²) in [7, 11) is 0. The topological polar surface area (TPSA) is 74.2 Å². The Labute approximate surface area is 110 Å². The molecule has 0 unspecified atom stereocenters. The van der Waals surface area contributed by atoms with E-state index < -0.39 is 5.97 Å². The molecule has 0 aliphatic rings. The van der Waals surface area contributed by atoms with Gasteiger partial charge in [0, 0.05) is 11.2 Å². The second-order valence-corrected chi connectivity index (χ2v) is 3.60. The molecule has 0 bridgehead atoms. The Bertz CT molecular complexity index is 477. The SMILES string of the molecule is CCOC(=O)/C(C#N)=C/NNc1ccc(Cl)cc1. The number of nitrogens with one attached hydrogen (secondary N) is 2. The largest absolute Gasteiger partial charge is 0.462 e. The molecule has 18 heavy (non-hydrogen) atoms. The van der Waals surface area contributed by atoms with E-state index in [1.165, 1.54) is 6.20 Å². The molecule has 0 atom stereocenters. The van der Waals surface area contributed by atoms with E-state index in [4.69, 9.17) is 21.6 Å². The summed E-state index contributed by atoms with van der Waals surface area (Å²) in [5.74, 6) is -0.662. The van der Waals surface area contributed by atoms with E-state index in [2.05, 4.69) is 10.9 Å². The third-order valence-electron chi connectivity index (χ3n) is 1.89. The molecule has 94 valence electrons. The minimum Gasteiger partial charge on any atom is -0.462 e. The monoisotopic (exact) mass is 265 g/mol. The number of ether oxygens (including phenoxy) is 1. The summed E-state index contributed by atoms with van der Waals surface area (Å²) in [6.07, 6.45) is 1.24. The summed E-state index contributed by atoms with van der Waals surface area (Å²) in [5.41, 5.74) is 6.06. The smallest absolute Gasteiger partial charge is 0.350 e. The van der Waals surface area contributed by atoms with Gasteiger partial charge in [0.2, 0.25) is 0 Å². The van der Waals surface area contributed by atoms with Gasteiger partial charge in [0.25, 0.3) is 0 Å². The van der Waals surface area contributed by atoms with Crippen LogP contribution in [0.4, 0.5) is 5.69 Å². The quantitative estimate of drug-likeness (QED) is 0.370. The molecule has 1 rings (SSSR count). The lowest BCUT2D eigenvalue weighted by Gasteiger charge is -2.06. The van der Waals surface area contributed by atoms with Crippen LogP contribution in [0.3, 0.4) is 0 Å². The first-order chi connectivity index (χ1) is 8.67. The number of esters is 1. The molecule has 1 aromatic carbocycles. The van der Waals surface area contributed by atoms with Crippen LogP contribution in [0.15, 0.2) is 36.0 Å². The summed E-state index contributed by atoms with van der Waals surface area (Å²) in [4.78, 5) is 11.3. The Morgan fingerprint density at radius 1 is 1.50 bits per heavy atom. The van der Waals surface area contributed by atoms with Crippen molar-refractivity contribution in [2.45, 2.75) is 6.92 Å². The highest BCUT2D eigenvalue weighted by atomic mass is 35.5. The molecule has 0 aromatic heterocycles. The molecule has 5 nitrogen and oxygen atoms in total. The zero-order chi connectivity index (χ0) is 13.4. The van der Waals surface area contributed by atoms with Gasteiger partial charge in [-0.1, -0.05) is 11.6 Å². The number of benzene rings is 1. The second-order valence-electron chi connectivity index (χ2n) is 3.17. The number of rotatable bonds is 5. The average Bonchev–Trinajstić information content (AvgIpc) is 2.37. The molecule has 2 N–H and O–H groups in total. The highest BCUT2D eigenvalue weighted by Gasteiger charge is 2.08. The third-order valence-corrected chi connectivity index (χ3v) is 2.15. The number of nitriles is 1. The molecule has 0 saturated carbocycles. The van der Waals surface area contributed by atoms with E-state index in [1.54, 1.807) is 37.3 Å². The third kappa shape index (κ3) is 4.36. The summed E-state index contributed by atoms with van der Waals surface area (Å²) in [5, 5.41) is 9.38. The first kappa shape index (κ1) is 13.9. The molecule has 1 aromatic rings. The molecule has 0 fully saturated rings. The van der Waals surface area contributed by atoms with Gasteiger partial charge in [-0.25, -0.2) is 4.79 Å².